The highest BCUT2D eigenvalue weighted by molar-refractivity contribution is 7.08. The summed E-state index contributed by atoms with van der Waals surface area (Å²) < 4.78 is 0. The molecule has 4 nitrogen and oxygen atoms in total. The van der Waals surface area contributed by atoms with E-state index in [0.717, 1.165) is 12.0 Å². The lowest BCUT2D eigenvalue weighted by molar-refractivity contribution is -0.149. The van der Waals surface area contributed by atoms with Gasteiger partial charge in [-0.1, -0.05) is 13.3 Å². The smallest absolute Gasteiger partial charge is 0.246 e. The first kappa shape index (κ1) is 14.1. The fraction of sp³-hybridized carbons (Fsp3) is 0.571. The van der Waals surface area contributed by atoms with Crippen molar-refractivity contribution in [2.75, 3.05) is 0 Å². The Kier molecular flexibility index (Phi) is 4.24. The second-order valence-corrected chi connectivity index (χ2v) is 5.82. The lowest BCUT2D eigenvalue weighted by atomic mass is 10.0. The summed E-state index contributed by atoms with van der Waals surface area (Å²) in [6, 6.07) is -0.743. The second-order valence-electron chi connectivity index (χ2n) is 5.07. The molecule has 1 aliphatic rings. The van der Waals surface area contributed by atoms with Gasteiger partial charge in [0.1, 0.15) is 12.1 Å². The fourth-order valence-electron chi connectivity index (χ4n) is 2.32. The predicted molar refractivity (Wildman–Crippen MR) is 75.9 cm³/mol. The second kappa shape index (κ2) is 5.74. The molecule has 2 atom stereocenters. The summed E-state index contributed by atoms with van der Waals surface area (Å²) in [6.45, 7) is 6.37. The van der Waals surface area contributed by atoms with Crippen LogP contribution in [0.25, 0.3) is 0 Å². The fourth-order valence-corrected chi connectivity index (χ4v) is 3.17. The Bertz CT molecular complexity index is 484. The van der Waals surface area contributed by atoms with Gasteiger partial charge in [0.2, 0.25) is 11.8 Å². The van der Waals surface area contributed by atoms with Crippen LogP contribution >= 0.6 is 11.3 Å². The summed E-state index contributed by atoms with van der Waals surface area (Å²) in [4.78, 5) is 26.1. The Balaban J connectivity index is 2.18. The minimum atomic E-state index is -0.389. The first-order valence-corrected chi connectivity index (χ1v) is 7.61. The number of thiophene rings is 1. The monoisotopic (exact) mass is 280 g/mol. The van der Waals surface area contributed by atoms with Crippen molar-refractivity contribution in [1.82, 2.24) is 10.2 Å². The van der Waals surface area contributed by atoms with Gasteiger partial charge in [-0.3, -0.25) is 9.59 Å². The zero-order valence-electron chi connectivity index (χ0n) is 11.6. The highest BCUT2D eigenvalue weighted by Crippen LogP contribution is 2.20. The topological polar surface area (TPSA) is 49.4 Å². The minimum Gasteiger partial charge on any atom is -0.343 e. The normalized spacial score (nSPS) is 23.6. The Labute approximate surface area is 117 Å². The lowest BCUT2D eigenvalue weighted by Gasteiger charge is -2.37. The number of carbonyl (C=O) groups is 2. The third-order valence-electron chi connectivity index (χ3n) is 3.62. The van der Waals surface area contributed by atoms with Gasteiger partial charge in [0.25, 0.3) is 0 Å². The molecule has 2 heterocycles. The summed E-state index contributed by atoms with van der Waals surface area (Å²) in [6.07, 6.45) is 1.59. The molecule has 5 heteroatoms. The van der Waals surface area contributed by atoms with Crippen LogP contribution < -0.4 is 5.32 Å². The van der Waals surface area contributed by atoms with E-state index in [1.165, 1.54) is 5.56 Å². The SMILES string of the molecule is CCCC1NC(=O)C(C)N(Cc2cscc2C)C1=O. The number of carbonyl (C=O) groups excluding carboxylic acids is 2. The summed E-state index contributed by atoms with van der Waals surface area (Å²) >= 11 is 1.63. The molecular formula is C14H20N2O2S. The van der Waals surface area contributed by atoms with Gasteiger partial charge in [0, 0.05) is 6.54 Å². The molecule has 2 rings (SSSR count). The number of aryl methyl sites for hydroxylation is 1. The van der Waals surface area contributed by atoms with Crippen LogP contribution in [0.2, 0.25) is 0 Å². The molecule has 1 saturated heterocycles. The van der Waals surface area contributed by atoms with Crippen LogP contribution in [0.3, 0.4) is 0 Å². The van der Waals surface area contributed by atoms with Gasteiger partial charge < -0.3 is 10.2 Å². The minimum absolute atomic E-state index is 0.0413. The van der Waals surface area contributed by atoms with Crippen LogP contribution in [0, 0.1) is 6.92 Å². The van der Waals surface area contributed by atoms with Gasteiger partial charge in [-0.15, -0.1) is 0 Å². The maximum Gasteiger partial charge on any atom is 0.246 e. The number of hydrogen-bond donors (Lipinski definition) is 1. The van der Waals surface area contributed by atoms with E-state index in [0.29, 0.717) is 13.0 Å². The molecule has 2 amide bonds. The van der Waals surface area contributed by atoms with Crippen molar-refractivity contribution in [3.63, 3.8) is 0 Å². The van der Waals surface area contributed by atoms with E-state index in [-0.39, 0.29) is 23.9 Å². The summed E-state index contributed by atoms with van der Waals surface area (Å²) in [5.41, 5.74) is 2.32. The van der Waals surface area contributed by atoms with Crippen molar-refractivity contribution in [1.29, 1.82) is 0 Å². The molecule has 0 radical (unpaired) electrons. The lowest BCUT2D eigenvalue weighted by Crippen LogP contribution is -2.61. The number of nitrogens with zero attached hydrogens (tertiary/aromatic N) is 1. The van der Waals surface area contributed by atoms with Crippen LogP contribution in [0.5, 0.6) is 0 Å². The molecule has 2 unspecified atom stereocenters. The predicted octanol–water partition coefficient (Wildman–Crippen LogP) is 2.07. The van der Waals surface area contributed by atoms with E-state index in [1.54, 1.807) is 23.2 Å². The Morgan fingerprint density at radius 2 is 2.11 bits per heavy atom. The molecule has 0 aliphatic carbocycles. The number of nitrogens with one attached hydrogen (secondary N) is 1. The van der Waals surface area contributed by atoms with Crippen LogP contribution in [0.1, 0.15) is 37.8 Å². The van der Waals surface area contributed by atoms with E-state index in [4.69, 9.17) is 0 Å². The van der Waals surface area contributed by atoms with E-state index in [1.807, 2.05) is 13.8 Å². The molecule has 104 valence electrons. The number of rotatable bonds is 4. The molecule has 0 spiro atoms. The van der Waals surface area contributed by atoms with Crippen LogP contribution in [-0.4, -0.2) is 28.8 Å². The number of amides is 2. The maximum absolute atomic E-state index is 12.4. The largest absolute Gasteiger partial charge is 0.343 e. The third-order valence-corrected chi connectivity index (χ3v) is 4.53. The van der Waals surface area contributed by atoms with E-state index in [2.05, 4.69) is 16.1 Å². The zero-order chi connectivity index (χ0) is 14.0. The van der Waals surface area contributed by atoms with Gasteiger partial charge in [-0.25, -0.2) is 0 Å². The van der Waals surface area contributed by atoms with Crippen molar-refractivity contribution >= 4 is 23.2 Å². The van der Waals surface area contributed by atoms with Crippen molar-refractivity contribution in [2.45, 2.75) is 52.2 Å². The summed E-state index contributed by atoms with van der Waals surface area (Å²) in [5, 5.41) is 6.93. The van der Waals surface area contributed by atoms with Crippen molar-refractivity contribution < 1.29 is 9.59 Å². The van der Waals surface area contributed by atoms with E-state index < -0.39 is 0 Å². The van der Waals surface area contributed by atoms with Gasteiger partial charge >= 0.3 is 0 Å². The Hall–Kier alpha value is -1.36. The zero-order valence-corrected chi connectivity index (χ0v) is 12.4. The van der Waals surface area contributed by atoms with Gasteiger partial charge in [-0.05, 0) is 42.2 Å². The highest BCUT2D eigenvalue weighted by atomic mass is 32.1. The average molecular weight is 280 g/mol. The van der Waals surface area contributed by atoms with Crippen molar-refractivity contribution in [3.8, 4) is 0 Å². The van der Waals surface area contributed by atoms with E-state index >= 15 is 0 Å². The van der Waals surface area contributed by atoms with Crippen molar-refractivity contribution in [3.05, 3.63) is 21.9 Å². The maximum atomic E-state index is 12.4. The molecule has 1 aromatic heterocycles. The van der Waals surface area contributed by atoms with Crippen molar-refractivity contribution in [2.24, 2.45) is 0 Å². The molecule has 19 heavy (non-hydrogen) atoms. The quantitative estimate of drug-likeness (QED) is 0.918. The first-order valence-electron chi connectivity index (χ1n) is 6.67. The first-order chi connectivity index (χ1) is 9.04. The van der Waals surface area contributed by atoms with Crippen LogP contribution in [0.4, 0.5) is 0 Å². The third kappa shape index (κ3) is 2.81. The molecule has 0 saturated carbocycles. The van der Waals surface area contributed by atoms with Crippen LogP contribution in [-0.2, 0) is 16.1 Å². The standard InChI is InChI=1S/C14H20N2O2S/c1-4-5-12-14(18)16(10(3)13(17)15-12)6-11-8-19-7-9(11)2/h7-8,10,12H,4-6H2,1-3H3,(H,15,17). The molecule has 0 bridgehead atoms. The highest BCUT2D eigenvalue weighted by Gasteiger charge is 2.37. The molecule has 1 N–H and O–H groups in total. The van der Waals surface area contributed by atoms with Crippen LogP contribution in [0.15, 0.2) is 10.8 Å². The van der Waals surface area contributed by atoms with Gasteiger partial charge in [0.05, 0.1) is 0 Å². The summed E-state index contributed by atoms with van der Waals surface area (Å²) in [7, 11) is 0. The Morgan fingerprint density at radius 1 is 1.37 bits per heavy atom. The summed E-state index contributed by atoms with van der Waals surface area (Å²) in [5.74, 6) is -0.00881. The number of piperazine rings is 1. The molecular weight excluding hydrogens is 260 g/mol. The molecule has 1 aromatic rings. The van der Waals surface area contributed by atoms with E-state index in [9.17, 15) is 9.59 Å². The Morgan fingerprint density at radius 3 is 2.68 bits per heavy atom. The van der Waals surface area contributed by atoms with Gasteiger partial charge in [0.15, 0.2) is 0 Å². The molecule has 0 aromatic carbocycles. The number of hydrogen-bond acceptors (Lipinski definition) is 3. The molecule has 1 aliphatic heterocycles. The van der Waals surface area contributed by atoms with Gasteiger partial charge in [-0.2, -0.15) is 11.3 Å². The molecule has 1 fully saturated rings. The average Bonchev–Trinajstić information content (AvgIpc) is 2.77.